The molecule has 0 saturated carbocycles. The zero-order chi connectivity index (χ0) is 22.2. The van der Waals surface area contributed by atoms with E-state index in [9.17, 15) is 0 Å². The van der Waals surface area contributed by atoms with Gasteiger partial charge in [-0.05, 0) is 30.5 Å². The highest BCUT2D eigenvalue weighted by atomic mass is 16.8. The molecule has 2 heterocycles. The lowest BCUT2D eigenvalue weighted by atomic mass is 9.80. The minimum atomic E-state index is -0.814. The third kappa shape index (κ3) is 3.76. The van der Waals surface area contributed by atoms with Crippen LogP contribution in [0.25, 0.3) is 0 Å². The van der Waals surface area contributed by atoms with Crippen molar-refractivity contribution in [2.24, 2.45) is 5.73 Å². The molecule has 2 aliphatic heterocycles. The number of benzene rings is 3. The van der Waals surface area contributed by atoms with Crippen molar-refractivity contribution in [3.05, 3.63) is 108 Å². The number of nitrogens with two attached hydrogens (primary N) is 1. The van der Waals surface area contributed by atoms with Crippen molar-refractivity contribution in [1.82, 2.24) is 0 Å². The van der Waals surface area contributed by atoms with E-state index >= 15 is 0 Å². The minimum absolute atomic E-state index is 0.292. The fourth-order valence-corrected chi connectivity index (χ4v) is 4.72. The lowest BCUT2D eigenvalue weighted by molar-refractivity contribution is -0.213. The molecule has 0 bridgehead atoms. The van der Waals surface area contributed by atoms with E-state index in [-0.39, 0.29) is 18.2 Å². The molecular weight excluding hydrogens is 402 g/mol. The van der Waals surface area contributed by atoms with E-state index in [2.05, 4.69) is 36.4 Å². The molecule has 2 N–H and O–H groups in total. The van der Waals surface area contributed by atoms with Crippen LogP contribution in [0.3, 0.4) is 0 Å². The standard InChI is InChI=1S/C27H29NO4/c1-26(2)31-24-23(28)22(30-25(24)32-26)18-29-27(19-12-6-3-7-13-19,20-14-8-4-9-15-20)21-16-10-5-11-17-21/h3-17,22-25H,18,28H2,1-2H3/t22-,23-,24-,25-/m1/s1. The predicted octanol–water partition coefficient (Wildman–Crippen LogP) is 4.20. The Kier molecular flexibility index (Phi) is 5.61. The maximum Gasteiger partial charge on any atom is 0.189 e. The molecule has 2 saturated heterocycles. The van der Waals surface area contributed by atoms with Crippen molar-refractivity contribution >= 4 is 0 Å². The van der Waals surface area contributed by atoms with Gasteiger partial charge >= 0.3 is 0 Å². The van der Waals surface area contributed by atoms with Crippen LogP contribution < -0.4 is 5.73 Å². The molecule has 5 nitrogen and oxygen atoms in total. The van der Waals surface area contributed by atoms with E-state index in [0.717, 1.165) is 16.7 Å². The van der Waals surface area contributed by atoms with E-state index in [4.69, 9.17) is 24.7 Å². The number of fused-ring (bicyclic) bond motifs is 1. The van der Waals surface area contributed by atoms with Crippen molar-refractivity contribution in [3.63, 3.8) is 0 Å². The van der Waals surface area contributed by atoms with Crippen molar-refractivity contribution in [2.75, 3.05) is 6.61 Å². The molecule has 0 spiro atoms. The van der Waals surface area contributed by atoms with E-state index in [1.807, 2.05) is 68.4 Å². The smallest absolute Gasteiger partial charge is 0.189 e. The molecular formula is C27H29NO4. The summed E-state index contributed by atoms with van der Waals surface area (Å²) in [5, 5.41) is 0. The van der Waals surface area contributed by atoms with Gasteiger partial charge < -0.3 is 24.7 Å². The van der Waals surface area contributed by atoms with Crippen LogP contribution in [0.4, 0.5) is 0 Å². The van der Waals surface area contributed by atoms with Crippen molar-refractivity contribution in [3.8, 4) is 0 Å². The van der Waals surface area contributed by atoms with Gasteiger partial charge in [0.2, 0.25) is 0 Å². The van der Waals surface area contributed by atoms with Gasteiger partial charge in [0.15, 0.2) is 12.1 Å². The van der Waals surface area contributed by atoms with Gasteiger partial charge in [-0.15, -0.1) is 0 Å². The van der Waals surface area contributed by atoms with Crippen LogP contribution in [-0.2, 0) is 24.5 Å². The quantitative estimate of drug-likeness (QED) is 0.593. The molecule has 3 aromatic rings. The average Bonchev–Trinajstić information content (AvgIpc) is 3.28. The fraction of sp³-hybridized carbons (Fsp3) is 0.333. The van der Waals surface area contributed by atoms with Gasteiger partial charge in [0.25, 0.3) is 0 Å². The van der Waals surface area contributed by atoms with Crippen molar-refractivity contribution < 1.29 is 18.9 Å². The second kappa shape index (κ2) is 8.43. The summed E-state index contributed by atoms with van der Waals surface area (Å²) < 4.78 is 24.8. The second-order valence-corrected chi connectivity index (χ2v) is 8.81. The maximum atomic E-state index is 6.84. The van der Waals surface area contributed by atoms with Gasteiger partial charge in [0.1, 0.15) is 17.8 Å². The van der Waals surface area contributed by atoms with Gasteiger partial charge in [-0.2, -0.15) is 0 Å². The Morgan fingerprint density at radius 3 is 1.69 bits per heavy atom. The second-order valence-electron chi connectivity index (χ2n) is 8.81. The molecule has 32 heavy (non-hydrogen) atoms. The first kappa shape index (κ1) is 21.3. The van der Waals surface area contributed by atoms with Gasteiger partial charge in [0.05, 0.1) is 12.6 Å². The zero-order valence-electron chi connectivity index (χ0n) is 18.4. The Labute approximate surface area is 189 Å². The van der Waals surface area contributed by atoms with Crippen LogP contribution in [0.1, 0.15) is 30.5 Å². The lowest BCUT2D eigenvalue weighted by Crippen LogP contribution is -2.45. The fourth-order valence-electron chi connectivity index (χ4n) is 4.72. The van der Waals surface area contributed by atoms with Crippen molar-refractivity contribution in [2.45, 2.75) is 49.8 Å². The summed E-state index contributed by atoms with van der Waals surface area (Å²) in [7, 11) is 0. The minimum Gasteiger partial charge on any atom is -0.358 e. The zero-order valence-corrected chi connectivity index (χ0v) is 18.4. The van der Waals surface area contributed by atoms with Gasteiger partial charge in [0, 0.05) is 0 Å². The summed E-state index contributed by atoms with van der Waals surface area (Å²) in [5.74, 6) is -0.694. The molecule has 5 heteroatoms. The topological polar surface area (TPSA) is 62.9 Å². The maximum absolute atomic E-state index is 6.84. The van der Waals surface area contributed by atoms with Crippen molar-refractivity contribution in [1.29, 1.82) is 0 Å². The van der Waals surface area contributed by atoms with E-state index < -0.39 is 17.7 Å². The Hall–Kier alpha value is -2.54. The summed E-state index contributed by atoms with van der Waals surface area (Å²) in [5.41, 5.74) is 8.83. The molecule has 2 fully saturated rings. The monoisotopic (exact) mass is 431 g/mol. The molecule has 4 atom stereocenters. The van der Waals surface area contributed by atoms with Crippen LogP contribution in [-0.4, -0.2) is 36.9 Å². The summed E-state index contributed by atoms with van der Waals surface area (Å²) in [6.45, 7) is 4.04. The van der Waals surface area contributed by atoms with E-state index in [1.54, 1.807) is 0 Å². The SMILES string of the molecule is CC1(C)O[C@H]2O[C@H](COC(c3ccccc3)(c3ccccc3)c3ccccc3)[C@@H](N)[C@H]2O1. The molecule has 5 rings (SSSR count). The highest BCUT2D eigenvalue weighted by Gasteiger charge is 2.54. The van der Waals surface area contributed by atoms with Crippen LogP contribution in [0.15, 0.2) is 91.0 Å². The molecule has 0 amide bonds. The molecule has 0 radical (unpaired) electrons. The molecule has 0 aromatic heterocycles. The summed E-state index contributed by atoms with van der Waals surface area (Å²) in [6.07, 6.45) is -1.14. The third-order valence-corrected chi connectivity index (χ3v) is 6.21. The third-order valence-electron chi connectivity index (χ3n) is 6.21. The largest absolute Gasteiger partial charge is 0.358 e. The number of ether oxygens (including phenoxy) is 4. The Bertz CT molecular complexity index is 929. The van der Waals surface area contributed by atoms with Gasteiger partial charge in [-0.25, -0.2) is 0 Å². The summed E-state index contributed by atoms with van der Waals surface area (Å²) in [4.78, 5) is 0. The number of rotatable bonds is 6. The summed E-state index contributed by atoms with van der Waals surface area (Å²) in [6, 6.07) is 30.5. The highest BCUT2D eigenvalue weighted by Crippen LogP contribution is 2.42. The summed E-state index contributed by atoms with van der Waals surface area (Å²) >= 11 is 0. The first-order valence-corrected chi connectivity index (χ1v) is 11.1. The predicted molar refractivity (Wildman–Crippen MR) is 122 cm³/mol. The van der Waals surface area contributed by atoms with Crippen LogP contribution in [0.5, 0.6) is 0 Å². The molecule has 166 valence electrons. The Balaban J connectivity index is 1.51. The van der Waals surface area contributed by atoms with E-state index in [1.165, 1.54) is 0 Å². The Morgan fingerprint density at radius 2 is 1.25 bits per heavy atom. The normalized spacial score (nSPS) is 26.7. The van der Waals surface area contributed by atoms with Crippen LogP contribution in [0.2, 0.25) is 0 Å². The average molecular weight is 432 g/mol. The van der Waals surface area contributed by atoms with Gasteiger partial charge in [-0.3, -0.25) is 0 Å². The molecule has 0 unspecified atom stereocenters. The Morgan fingerprint density at radius 1 is 0.781 bits per heavy atom. The molecule has 0 aliphatic carbocycles. The first-order valence-electron chi connectivity index (χ1n) is 11.1. The number of hydrogen-bond acceptors (Lipinski definition) is 5. The van der Waals surface area contributed by atoms with Gasteiger partial charge in [-0.1, -0.05) is 91.0 Å². The van der Waals surface area contributed by atoms with E-state index in [0.29, 0.717) is 6.61 Å². The highest BCUT2D eigenvalue weighted by molar-refractivity contribution is 5.47. The lowest BCUT2D eigenvalue weighted by Gasteiger charge is -2.37. The molecule has 2 aliphatic rings. The molecule has 3 aromatic carbocycles. The number of hydrogen-bond donors (Lipinski definition) is 1. The van der Waals surface area contributed by atoms with Crippen LogP contribution in [0, 0.1) is 0 Å². The first-order chi connectivity index (χ1) is 15.5. The van der Waals surface area contributed by atoms with Crippen LogP contribution >= 0.6 is 0 Å².